The molecule has 0 heterocycles. The first-order chi connectivity index (χ1) is 5.46. The molecule has 1 atom stereocenters. The van der Waals surface area contributed by atoms with E-state index in [-0.39, 0.29) is 5.54 Å². The van der Waals surface area contributed by atoms with Gasteiger partial charge in [-0.25, -0.2) is 0 Å². The van der Waals surface area contributed by atoms with Crippen molar-refractivity contribution in [2.45, 2.75) is 45.2 Å². The van der Waals surface area contributed by atoms with Gasteiger partial charge < -0.3 is 4.90 Å². The van der Waals surface area contributed by atoms with Crippen molar-refractivity contribution in [3.8, 4) is 0 Å². The summed E-state index contributed by atoms with van der Waals surface area (Å²) in [7, 11) is 4.17. The largest absolute Gasteiger partial charge is 0.303 e. The van der Waals surface area contributed by atoms with Crippen molar-refractivity contribution in [1.82, 2.24) is 10.3 Å². The molecule has 0 aromatic rings. The van der Waals surface area contributed by atoms with Gasteiger partial charge in [-0.3, -0.25) is 11.3 Å². The Morgan fingerprint density at radius 2 is 1.92 bits per heavy atom. The van der Waals surface area contributed by atoms with Crippen LogP contribution in [0.1, 0.15) is 33.6 Å². The lowest BCUT2D eigenvalue weighted by molar-refractivity contribution is 0.132. The maximum absolute atomic E-state index is 5.51. The summed E-state index contributed by atoms with van der Waals surface area (Å²) in [6, 6.07) is 0.359. The molecule has 0 rings (SSSR count). The average molecular weight is 173 g/mol. The van der Waals surface area contributed by atoms with Crippen LogP contribution in [0.5, 0.6) is 0 Å². The highest BCUT2D eigenvalue weighted by atomic mass is 15.3. The molecule has 0 aliphatic heterocycles. The molecule has 0 aliphatic carbocycles. The van der Waals surface area contributed by atoms with E-state index in [9.17, 15) is 0 Å². The van der Waals surface area contributed by atoms with Gasteiger partial charge in [0.1, 0.15) is 0 Å². The van der Waals surface area contributed by atoms with Gasteiger partial charge in [-0.15, -0.1) is 0 Å². The van der Waals surface area contributed by atoms with Gasteiger partial charge >= 0.3 is 0 Å². The van der Waals surface area contributed by atoms with Crippen molar-refractivity contribution >= 4 is 0 Å². The van der Waals surface area contributed by atoms with Crippen LogP contribution in [-0.4, -0.2) is 30.6 Å². The molecule has 74 valence electrons. The molecule has 0 saturated heterocycles. The molecule has 0 aromatic carbocycles. The van der Waals surface area contributed by atoms with E-state index in [0.29, 0.717) is 6.04 Å². The van der Waals surface area contributed by atoms with Crippen molar-refractivity contribution < 1.29 is 0 Å². The first-order valence-corrected chi connectivity index (χ1v) is 4.60. The molecule has 3 nitrogen and oxygen atoms in total. The van der Waals surface area contributed by atoms with E-state index in [2.05, 4.69) is 45.2 Å². The Kier molecular flexibility index (Phi) is 4.75. The van der Waals surface area contributed by atoms with Crippen LogP contribution in [0.25, 0.3) is 0 Å². The van der Waals surface area contributed by atoms with Gasteiger partial charge in [0.15, 0.2) is 0 Å². The lowest BCUT2D eigenvalue weighted by atomic mass is 9.90. The Morgan fingerprint density at radius 3 is 2.17 bits per heavy atom. The van der Waals surface area contributed by atoms with Crippen LogP contribution < -0.4 is 11.3 Å². The molecule has 0 fully saturated rings. The molecule has 0 amide bonds. The minimum atomic E-state index is 0.116. The maximum atomic E-state index is 5.51. The quantitative estimate of drug-likeness (QED) is 0.480. The number of nitrogens with zero attached hydrogens (tertiary/aromatic N) is 1. The zero-order chi connectivity index (χ0) is 9.78. The van der Waals surface area contributed by atoms with Gasteiger partial charge in [0.25, 0.3) is 0 Å². The Bertz CT molecular complexity index is 121. The number of likely N-dealkylation sites (N-methyl/N-ethyl adjacent to an activating group) is 1. The predicted molar refractivity (Wildman–Crippen MR) is 53.8 cm³/mol. The van der Waals surface area contributed by atoms with Gasteiger partial charge in [0, 0.05) is 11.6 Å². The Hall–Kier alpha value is -0.120. The van der Waals surface area contributed by atoms with E-state index in [4.69, 9.17) is 5.84 Å². The fraction of sp³-hybridized carbons (Fsp3) is 1.00. The van der Waals surface area contributed by atoms with Gasteiger partial charge in [0.05, 0.1) is 0 Å². The van der Waals surface area contributed by atoms with Gasteiger partial charge in [0.2, 0.25) is 0 Å². The van der Waals surface area contributed by atoms with Crippen LogP contribution in [0.4, 0.5) is 0 Å². The average Bonchev–Trinajstić information content (AvgIpc) is 1.99. The summed E-state index contributed by atoms with van der Waals surface area (Å²) in [5.41, 5.74) is 3.00. The molecule has 0 radical (unpaired) electrons. The summed E-state index contributed by atoms with van der Waals surface area (Å²) in [5, 5.41) is 0. The molecule has 0 bridgehead atoms. The normalized spacial score (nSPS) is 15.2. The second-order valence-corrected chi connectivity index (χ2v) is 4.06. The second-order valence-electron chi connectivity index (χ2n) is 4.06. The van der Waals surface area contributed by atoms with Crippen molar-refractivity contribution in [3.05, 3.63) is 0 Å². The first-order valence-electron chi connectivity index (χ1n) is 4.60. The molecule has 0 aromatic heterocycles. The fourth-order valence-corrected chi connectivity index (χ4v) is 1.24. The van der Waals surface area contributed by atoms with E-state index < -0.39 is 0 Å². The minimum absolute atomic E-state index is 0.116. The summed E-state index contributed by atoms with van der Waals surface area (Å²) in [4.78, 5) is 2.20. The monoisotopic (exact) mass is 173 g/mol. The van der Waals surface area contributed by atoms with E-state index in [1.807, 2.05) is 0 Å². The summed E-state index contributed by atoms with van der Waals surface area (Å²) in [6.45, 7) is 6.58. The Morgan fingerprint density at radius 1 is 1.42 bits per heavy atom. The van der Waals surface area contributed by atoms with Crippen LogP contribution in [-0.2, 0) is 0 Å². The SMILES string of the molecule is CCCC(NN)C(C)(C)N(C)C. The van der Waals surface area contributed by atoms with Crippen molar-refractivity contribution in [2.75, 3.05) is 14.1 Å². The Labute approximate surface area is 76.3 Å². The van der Waals surface area contributed by atoms with Gasteiger partial charge in [-0.2, -0.15) is 0 Å². The fourth-order valence-electron chi connectivity index (χ4n) is 1.24. The standard InChI is InChI=1S/C9H23N3/c1-6-7-8(11-10)9(2,3)12(4)5/h8,11H,6-7,10H2,1-5H3. The summed E-state index contributed by atoms with van der Waals surface area (Å²) in [6.07, 6.45) is 2.27. The molecule has 0 saturated carbocycles. The van der Waals surface area contributed by atoms with Gasteiger partial charge in [-0.05, 0) is 34.4 Å². The van der Waals surface area contributed by atoms with E-state index in [1.54, 1.807) is 0 Å². The van der Waals surface area contributed by atoms with Crippen LogP contribution >= 0.6 is 0 Å². The highest BCUT2D eigenvalue weighted by Crippen LogP contribution is 2.18. The first kappa shape index (κ1) is 11.9. The molecule has 1 unspecified atom stereocenters. The van der Waals surface area contributed by atoms with Gasteiger partial charge in [-0.1, -0.05) is 13.3 Å². The lowest BCUT2D eigenvalue weighted by Gasteiger charge is -2.39. The highest BCUT2D eigenvalue weighted by Gasteiger charge is 2.29. The number of hydrazine groups is 1. The Balaban J connectivity index is 4.25. The third kappa shape index (κ3) is 2.73. The van der Waals surface area contributed by atoms with Crippen molar-refractivity contribution in [3.63, 3.8) is 0 Å². The molecular weight excluding hydrogens is 150 g/mol. The summed E-state index contributed by atoms with van der Waals surface area (Å²) >= 11 is 0. The number of rotatable bonds is 5. The molecule has 0 spiro atoms. The molecule has 12 heavy (non-hydrogen) atoms. The van der Waals surface area contributed by atoms with Crippen LogP contribution in [0.3, 0.4) is 0 Å². The second kappa shape index (κ2) is 4.80. The third-order valence-corrected chi connectivity index (χ3v) is 2.78. The number of hydrogen-bond acceptors (Lipinski definition) is 3. The van der Waals surface area contributed by atoms with E-state index in [0.717, 1.165) is 12.8 Å². The molecule has 0 aliphatic rings. The smallest absolute Gasteiger partial charge is 0.0389 e. The maximum Gasteiger partial charge on any atom is 0.0389 e. The number of nitrogens with two attached hydrogens (primary N) is 1. The summed E-state index contributed by atoms with van der Waals surface area (Å²) in [5.74, 6) is 5.51. The molecule has 3 heteroatoms. The lowest BCUT2D eigenvalue weighted by Crippen LogP contribution is -2.57. The van der Waals surface area contributed by atoms with E-state index >= 15 is 0 Å². The predicted octanol–water partition coefficient (Wildman–Crippen LogP) is 0.959. The van der Waals surface area contributed by atoms with Crippen molar-refractivity contribution in [1.29, 1.82) is 0 Å². The number of hydrogen-bond donors (Lipinski definition) is 2. The zero-order valence-electron chi connectivity index (χ0n) is 9.02. The van der Waals surface area contributed by atoms with Crippen molar-refractivity contribution in [2.24, 2.45) is 5.84 Å². The molecule has 3 N–H and O–H groups in total. The topological polar surface area (TPSA) is 41.3 Å². The molecular formula is C9H23N3. The van der Waals surface area contributed by atoms with Crippen LogP contribution in [0.15, 0.2) is 0 Å². The number of nitrogens with one attached hydrogen (secondary N) is 1. The van der Waals surface area contributed by atoms with Crippen LogP contribution in [0.2, 0.25) is 0 Å². The third-order valence-electron chi connectivity index (χ3n) is 2.78. The summed E-state index contributed by atoms with van der Waals surface area (Å²) < 4.78 is 0. The van der Waals surface area contributed by atoms with E-state index in [1.165, 1.54) is 0 Å². The zero-order valence-corrected chi connectivity index (χ0v) is 9.02. The van der Waals surface area contributed by atoms with Crippen LogP contribution in [0, 0.1) is 0 Å². The highest BCUT2D eigenvalue weighted by molar-refractivity contribution is 4.89. The minimum Gasteiger partial charge on any atom is -0.303 e.